The number of benzene rings is 1. The van der Waals surface area contributed by atoms with Gasteiger partial charge in [-0.05, 0) is 45.1 Å². The molecule has 0 amide bonds. The normalized spacial score (nSPS) is 12.7. The van der Waals surface area contributed by atoms with Crippen LogP contribution in [0, 0.1) is 0 Å². The zero-order valence-electron chi connectivity index (χ0n) is 7.58. The van der Waals surface area contributed by atoms with E-state index in [0.29, 0.717) is 0 Å². The van der Waals surface area contributed by atoms with Crippen LogP contribution >= 0.6 is 54.8 Å². The van der Waals surface area contributed by atoms with E-state index < -0.39 is 0 Å². The van der Waals surface area contributed by atoms with Crippen molar-refractivity contribution < 1.29 is 0 Å². The third kappa shape index (κ3) is 2.64. The molecule has 0 spiro atoms. The summed E-state index contributed by atoms with van der Waals surface area (Å²) in [4.78, 5) is 1.15. The van der Waals surface area contributed by atoms with E-state index in [4.69, 9.17) is 11.6 Å². The second-order valence-electron chi connectivity index (χ2n) is 3.05. The molecule has 0 radical (unpaired) electrons. The Bertz CT molecular complexity index is 467. The van der Waals surface area contributed by atoms with Crippen LogP contribution in [-0.2, 0) is 0 Å². The minimum Gasteiger partial charge on any atom is -0.146 e. The van der Waals surface area contributed by atoms with Crippen LogP contribution in [0.15, 0.2) is 44.7 Å². The summed E-state index contributed by atoms with van der Waals surface area (Å²) >= 11 is 15.0. The lowest BCUT2D eigenvalue weighted by atomic mass is 10.1. The first-order valence-electron chi connectivity index (χ1n) is 4.31. The number of hydrogen-bond donors (Lipinski definition) is 0. The molecule has 0 bridgehead atoms. The Kier molecular flexibility index (Phi) is 3.88. The molecule has 78 valence electrons. The van der Waals surface area contributed by atoms with Crippen molar-refractivity contribution in [1.29, 1.82) is 0 Å². The van der Waals surface area contributed by atoms with Gasteiger partial charge in [-0.1, -0.05) is 28.1 Å². The smallest absolute Gasteiger partial charge is 0.0939 e. The maximum absolute atomic E-state index is 6.41. The van der Waals surface area contributed by atoms with Gasteiger partial charge in [0.15, 0.2) is 0 Å². The lowest BCUT2D eigenvalue weighted by Crippen LogP contribution is -1.90. The van der Waals surface area contributed by atoms with Crippen molar-refractivity contribution in [3.63, 3.8) is 0 Å². The van der Waals surface area contributed by atoms with Gasteiger partial charge in [0, 0.05) is 13.8 Å². The van der Waals surface area contributed by atoms with E-state index in [1.54, 1.807) is 11.3 Å². The van der Waals surface area contributed by atoms with Crippen LogP contribution in [0.3, 0.4) is 0 Å². The van der Waals surface area contributed by atoms with E-state index in [-0.39, 0.29) is 5.38 Å². The molecule has 0 aliphatic rings. The van der Waals surface area contributed by atoms with Gasteiger partial charge in [0.05, 0.1) is 5.38 Å². The predicted molar refractivity (Wildman–Crippen MR) is 73.9 cm³/mol. The van der Waals surface area contributed by atoms with E-state index in [2.05, 4.69) is 31.9 Å². The topological polar surface area (TPSA) is 0 Å². The van der Waals surface area contributed by atoms with Gasteiger partial charge in [0.2, 0.25) is 0 Å². The Labute approximate surface area is 115 Å². The number of halogens is 3. The number of rotatable bonds is 2. The van der Waals surface area contributed by atoms with Crippen LogP contribution in [0.5, 0.6) is 0 Å². The first kappa shape index (κ1) is 11.6. The number of alkyl halides is 1. The van der Waals surface area contributed by atoms with E-state index in [1.165, 1.54) is 0 Å². The third-order valence-electron chi connectivity index (χ3n) is 2.02. The van der Waals surface area contributed by atoms with Crippen molar-refractivity contribution in [1.82, 2.24) is 0 Å². The molecule has 15 heavy (non-hydrogen) atoms. The van der Waals surface area contributed by atoms with Crippen molar-refractivity contribution in [3.8, 4) is 0 Å². The molecule has 1 aromatic carbocycles. The summed E-state index contributed by atoms with van der Waals surface area (Å²) in [5.74, 6) is 0. The summed E-state index contributed by atoms with van der Waals surface area (Å²) in [6.07, 6.45) is 0. The number of thiophene rings is 1. The van der Waals surface area contributed by atoms with Gasteiger partial charge < -0.3 is 0 Å². The standard InChI is InChI=1S/C11H7Br2ClS/c12-8-3-1-2-7(6-8)10(14)11-9(13)4-5-15-11/h1-6,10H. The second-order valence-corrected chi connectivity index (χ2v) is 6.20. The van der Waals surface area contributed by atoms with E-state index in [1.807, 2.05) is 35.7 Å². The van der Waals surface area contributed by atoms with Crippen LogP contribution in [-0.4, -0.2) is 0 Å². The van der Waals surface area contributed by atoms with Gasteiger partial charge in [-0.25, -0.2) is 0 Å². The SMILES string of the molecule is ClC(c1cccc(Br)c1)c1sccc1Br. The van der Waals surface area contributed by atoms with E-state index in [0.717, 1.165) is 19.4 Å². The van der Waals surface area contributed by atoms with E-state index in [9.17, 15) is 0 Å². The Morgan fingerprint density at radius 3 is 2.60 bits per heavy atom. The van der Waals surface area contributed by atoms with Crippen molar-refractivity contribution in [2.24, 2.45) is 0 Å². The average molecular weight is 367 g/mol. The molecule has 0 aliphatic heterocycles. The predicted octanol–water partition coefficient (Wildman–Crippen LogP) is 5.60. The Balaban J connectivity index is 2.36. The van der Waals surface area contributed by atoms with Crippen molar-refractivity contribution in [2.75, 3.05) is 0 Å². The zero-order chi connectivity index (χ0) is 10.8. The maximum Gasteiger partial charge on any atom is 0.0939 e. The highest BCUT2D eigenvalue weighted by Gasteiger charge is 2.15. The van der Waals surface area contributed by atoms with Gasteiger partial charge >= 0.3 is 0 Å². The molecule has 0 fully saturated rings. The van der Waals surface area contributed by atoms with Gasteiger partial charge in [0.1, 0.15) is 0 Å². The van der Waals surface area contributed by atoms with Crippen LogP contribution in [0.25, 0.3) is 0 Å². The molecule has 0 nitrogen and oxygen atoms in total. The van der Waals surface area contributed by atoms with Crippen LogP contribution in [0.1, 0.15) is 15.8 Å². The molecule has 0 saturated carbocycles. The monoisotopic (exact) mass is 364 g/mol. The molecule has 2 aromatic rings. The van der Waals surface area contributed by atoms with Crippen molar-refractivity contribution in [2.45, 2.75) is 5.38 Å². The first-order chi connectivity index (χ1) is 7.18. The Morgan fingerprint density at radius 1 is 1.20 bits per heavy atom. The lowest BCUT2D eigenvalue weighted by molar-refractivity contribution is 1.17. The van der Waals surface area contributed by atoms with Crippen LogP contribution in [0.2, 0.25) is 0 Å². The molecule has 0 saturated heterocycles. The molecule has 0 aliphatic carbocycles. The fraction of sp³-hybridized carbons (Fsp3) is 0.0909. The number of hydrogen-bond acceptors (Lipinski definition) is 1. The molecule has 1 atom stereocenters. The van der Waals surface area contributed by atoms with E-state index >= 15 is 0 Å². The molecule has 0 N–H and O–H groups in total. The summed E-state index contributed by atoms with van der Waals surface area (Å²) < 4.78 is 2.13. The maximum atomic E-state index is 6.41. The summed E-state index contributed by atoms with van der Waals surface area (Å²) in [7, 11) is 0. The summed E-state index contributed by atoms with van der Waals surface area (Å²) in [6, 6.07) is 10.1. The Hall–Kier alpha value is 0.170. The summed E-state index contributed by atoms with van der Waals surface area (Å²) in [5.41, 5.74) is 1.11. The van der Waals surface area contributed by atoms with Gasteiger partial charge in [-0.2, -0.15) is 0 Å². The quantitative estimate of drug-likeness (QED) is 0.607. The molecular formula is C11H7Br2ClS. The molecule has 1 unspecified atom stereocenters. The summed E-state index contributed by atoms with van der Waals surface area (Å²) in [6.45, 7) is 0. The molecule has 2 rings (SSSR count). The third-order valence-corrected chi connectivity index (χ3v) is 5.04. The van der Waals surface area contributed by atoms with Crippen molar-refractivity contribution >= 4 is 54.8 Å². The fourth-order valence-corrected chi connectivity index (χ4v) is 3.86. The lowest BCUT2D eigenvalue weighted by Gasteiger charge is -2.08. The minimum absolute atomic E-state index is 0.0862. The fourth-order valence-electron chi connectivity index (χ4n) is 1.30. The second kappa shape index (κ2) is 5.00. The minimum atomic E-state index is -0.0862. The average Bonchev–Trinajstić information content (AvgIpc) is 2.63. The van der Waals surface area contributed by atoms with Crippen molar-refractivity contribution in [3.05, 3.63) is 55.1 Å². The zero-order valence-corrected chi connectivity index (χ0v) is 12.3. The van der Waals surface area contributed by atoms with Crippen LogP contribution in [0.4, 0.5) is 0 Å². The van der Waals surface area contributed by atoms with Gasteiger partial charge in [-0.3, -0.25) is 0 Å². The Morgan fingerprint density at radius 2 is 2.00 bits per heavy atom. The highest BCUT2D eigenvalue weighted by molar-refractivity contribution is 9.10. The van der Waals surface area contributed by atoms with Gasteiger partial charge in [-0.15, -0.1) is 22.9 Å². The molecule has 4 heteroatoms. The highest BCUT2D eigenvalue weighted by atomic mass is 79.9. The highest BCUT2D eigenvalue weighted by Crippen LogP contribution is 2.37. The first-order valence-corrected chi connectivity index (χ1v) is 7.21. The summed E-state index contributed by atoms with van der Waals surface area (Å²) in [5, 5.41) is 1.95. The molecule has 1 heterocycles. The van der Waals surface area contributed by atoms with Gasteiger partial charge in [0.25, 0.3) is 0 Å². The largest absolute Gasteiger partial charge is 0.146 e. The van der Waals surface area contributed by atoms with Crippen LogP contribution < -0.4 is 0 Å². The molecular weight excluding hydrogens is 359 g/mol. The molecule has 1 aromatic heterocycles.